The zero-order valence-corrected chi connectivity index (χ0v) is 9.50. The predicted octanol–water partition coefficient (Wildman–Crippen LogP) is 3.41. The van der Waals surface area contributed by atoms with Crippen molar-refractivity contribution in [3.05, 3.63) is 48.6 Å². The molecule has 0 radical (unpaired) electrons. The first-order valence-electron chi connectivity index (χ1n) is 4.86. The highest BCUT2D eigenvalue weighted by molar-refractivity contribution is 7.99. The van der Waals surface area contributed by atoms with Gasteiger partial charge in [-0.15, -0.1) is 11.8 Å². The average Bonchev–Trinajstić information content (AvgIpc) is 2.35. The molecule has 0 saturated heterocycles. The van der Waals surface area contributed by atoms with Gasteiger partial charge >= 0.3 is 0 Å². The standard InChI is InChI=1S/C13H10N2S/c1-10(8-14)9-16-13-7-6-11-4-2-3-5-12(11)15-13/h2-7H,1,9H2. The zero-order valence-electron chi connectivity index (χ0n) is 8.68. The Morgan fingerprint density at radius 3 is 2.94 bits per heavy atom. The zero-order chi connectivity index (χ0) is 11.4. The van der Waals surface area contributed by atoms with Crippen molar-refractivity contribution in [3.8, 4) is 6.07 Å². The van der Waals surface area contributed by atoms with Crippen LogP contribution in [-0.2, 0) is 0 Å². The molecule has 0 spiro atoms. The van der Waals surface area contributed by atoms with Crippen LogP contribution in [0, 0.1) is 11.3 Å². The maximum absolute atomic E-state index is 8.60. The highest BCUT2D eigenvalue weighted by Gasteiger charge is 1.99. The molecule has 2 nitrogen and oxygen atoms in total. The molecule has 0 amide bonds. The van der Waals surface area contributed by atoms with Gasteiger partial charge in [-0.25, -0.2) is 4.98 Å². The third-order valence-corrected chi connectivity index (χ3v) is 3.14. The minimum atomic E-state index is 0.569. The molecule has 2 rings (SSSR count). The number of para-hydroxylation sites is 1. The molecule has 1 aromatic carbocycles. The number of aromatic nitrogens is 1. The highest BCUT2D eigenvalue weighted by atomic mass is 32.2. The maximum atomic E-state index is 8.60. The van der Waals surface area contributed by atoms with Crippen LogP contribution in [0.25, 0.3) is 10.9 Å². The van der Waals surface area contributed by atoms with Crippen molar-refractivity contribution < 1.29 is 0 Å². The van der Waals surface area contributed by atoms with E-state index in [1.165, 1.54) is 11.8 Å². The Labute approximate surface area is 98.6 Å². The molecule has 0 unspecified atom stereocenters. The van der Waals surface area contributed by atoms with Crippen molar-refractivity contribution in [2.75, 3.05) is 5.75 Å². The fraction of sp³-hybridized carbons (Fsp3) is 0.0769. The Bertz CT molecular complexity index is 569. The fourth-order valence-electron chi connectivity index (χ4n) is 1.32. The van der Waals surface area contributed by atoms with E-state index < -0.39 is 0 Å². The van der Waals surface area contributed by atoms with Crippen LogP contribution in [0.15, 0.2) is 53.6 Å². The number of nitriles is 1. The van der Waals surface area contributed by atoms with E-state index in [1.54, 1.807) is 0 Å². The van der Waals surface area contributed by atoms with E-state index in [0.29, 0.717) is 11.3 Å². The first-order chi connectivity index (χ1) is 7.79. The second-order valence-electron chi connectivity index (χ2n) is 3.35. The molecule has 0 fully saturated rings. The number of pyridine rings is 1. The van der Waals surface area contributed by atoms with Crippen LogP contribution < -0.4 is 0 Å². The summed E-state index contributed by atoms with van der Waals surface area (Å²) in [5.74, 6) is 0.599. The first-order valence-corrected chi connectivity index (χ1v) is 5.84. The molecule has 0 aliphatic carbocycles. The lowest BCUT2D eigenvalue weighted by Gasteiger charge is -2.01. The Kier molecular flexibility index (Phi) is 3.23. The number of benzene rings is 1. The Hall–Kier alpha value is -1.79. The summed E-state index contributed by atoms with van der Waals surface area (Å²) >= 11 is 1.53. The van der Waals surface area contributed by atoms with Crippen molar-refractivity contribution in [1.82, 2.24) is 4.98 Å². The highest BCUT2D eigenvalue weighted by Crippen LogP contribution is 2.21. The molecule has 2 aromatic rings. The van der Waals surface area contributed by atoms with E-state index in [-0.39, 0.29) is 0 Å². The summed E-state index contributed by atoms with van der Waals surface area (Å²) < 4.78 is 0. The van der Waals surface area contributed by atoms with Crippen LogP contribution in [0.2, 0.25) is 0 Å². The fourth-order valence-corrected chi connectivity index (χ4v) is 2.03. The van der Waals surface area contributed by atoms with E-state index >= 15 is 0 Å². The van der Waals surface area contributed by atoms with Gasteiger partial charge in [-0.2, -0.15) is 5.26 Å². The molecule has 0 atom stereocenters. The van der Waals surface area contributed by atoms with E-state index in [1.807, 2.05) is 42.5 Å². The number of thioether (sulfide) groups is 1. The van der Waals surface area contributed by atoms with Crippen LogP contribution in [0.4, 0.5) is 0 Å². The number of rotatable bonds is 3. The second kappa shape index (κ2) is 4.82. The van der Waals surface area contributed by atoms with E-state index in [0.717, 1.165) is 15.9 Å². The van der Waals surface area contributed by atoms with E-state index in [2.05, 4.69) is 11.6 Å². The monoisotopic (exact) mass is 226 g/mol. The number of fused-ring (bicyclic) bond motifs is 1. The molecule has 0 aliphatic rings. The minimum absolute atomic E-state index is 0.569. The summed E-state index contributed by atoms with van der Waals surface area (Å²) in [5.41, 5.74) is 1.55. The van der Waals surface area contributed by atoms with Gasteiger partial charge in [0.25, 0.3) is 0 Å². The molecule has 16 heavy (non-hydrogen) atoms. The second-order valence-corrected chi connectivity index (χ2v) is 4.34. The van der Waals surface area contributed by atoms with Crippen molar-refractivity contribution in [3.63, 3.8) is 0 Å². The molecule has 0 saturated carbocycles. The minimum Gasteiger partial charge on any atom is -0.241 e. The van der Waals surface area contributed by atoms with Gasteiger partial charge in [0.05, 0.1) is 16.6 Å². The quantitative estimate of drug-likeness (QED) is 0.594. The molecular formula is C13H10N2S. The van der Waals surface area contributed by atoms with E-state index in [4.69, 9.17) is 5.26 Å². The van der Waals surface area contributed by atoms with Gasteiger partial charge in [0, 0.05) is 16.7 Å². The van der Waals surface area contributed by atoms with Crippen molar-refractivity contribution in [2.45, 2.75) is 5.03 Å². The largest absolute Gasteiger partial charge is 0.241 e. The van der Waals surface area contributed by atoms with Gasteiger partial charge < -0.3 is 0 Å². The van der Waals surface area contributed by atoms with Crippen LogP contribution in [0.5, 0.6) is 0 Å². The predicted molar refractivity (Wildman–Crippen MR) is 67.2 cm³/mol. The number of hydrogen-bond donors (Lipinski definition) is 0. The van der Waals surface area contributed by atoms with Gasteiger partial charge in [0.2, 0.25) is 0 Å². The smallest absolute Gasteiger partial charge is 0.0971 e. The first kappa shape index (κ1) is 10.7. The van der Waals surface area contributed by atoms with Crippen LogP contribution in [-0.4, -0.2) is 10.7 Å². The van der Waals surface area contributed by atoms with Gasteiger partial charge in [-0.1, -0.05) is 30.8 Å². The van der Waals surface area contributed by atoms with Crippen molar-refractivity contribution >= 4 is 22.7 Å². The van der Waals surface area contributed by atoms with Crippen LogP contribution in [0.1, 0.15) is 0 Å². The van der Waals surface area contributed by atoms with Crippen molar-refractivity contribution in [1.29, 1.82) is 5.26 Å². The third-order valence-electron chi connectivity index (χ3n) is 2.13. The molecule has 78 valence electrons. The summed E-state index contributed by atoms with van der Waals surface area (Å²) in [5, 5.41) is 10.7. The van der Waals surface area contributed by atoms with Crippen molar-refractivity contribution in [2.24, 2.45) is 0 Å². The normalized spacial score (nSPS) is 9.94. The SMILES string of the molecule is C=C(C#N)CSc1ccc2ccccc2n1. The third kappa shape index (κ3) is 2.41. The molecule has 0 bridgehead atoms. The van der Waals surface area contributed by atoms with Gasteiger partial charge in [0.1, 0.15) is 0 Å². The summed E-state index contributed by atoms with van der Waals surface area (Å²) in [7, 11) is 0. The van der Waals surface area contributed by atoms with Gasteiger partial charge in [0.15, 0.2) is 0 Å². The summed E-state index contributed by atoms with van der Waals surface area (Å²) in [6.07, 6.45) is 0. The molecule has 1 heterocycles. The number of nitrogens with zero attached hydrogens (tertiary/aromatic N) is 2. The molecule has 0 aliphatic heterocycles. The van der Waals surface area contributed by atoms with E-state index in [9.17, 15) is 0 Å². The number of hydrogen-bond acceptors (Lipinski definition) is 3. The molecule has 0 N–H and O–H groups in total. The average molecular weight is 226 g/mol. The molecule has 1 aromatic heterocycles. The maximum Gasteiger partial charge on any atom is 0.0971 e. The topological polar surface area (TPSA) is 36.7 Å². The lowest BCUT2D eigenvalue weighted by atomic mass is 10.2. The van der Waals surface area contributed by atoms with Gasteiger partial charge in [-0.3, -0.25) is 0 Å². The molecular weight excluding hydrogens is 216 g/mol. The summed E-state index contributed by atoms with van der Waals surface area (Å²) in [6, 6.07) is 14.0. The molecule has 3 heteroatoms. The van der Waals surface area contributed by atoms with Gasteiger partial charge in [-0.05, 0) is 12.1 Å². The lowest BCUT2D eigenvalue weighted by Crippen LogP contribution is -1.85. The lowest BCUT2D eigenvalue weighted by molar-refractivity contribution is 1.19. The summed E-state index contributed by atoms with van der Waals surface area (Å²) in [6.45, 7) is 3.64. The van der Waals surface area contributed by atoms with Crippen LogP contribution >= 0.6 is 11.8 Å². The summed E-state index contributed by atoms with van der Waals surface area (Å²) in [4.78, 5) is 4.49. The Balaban J connectivity index is 2.20. The Morgan fingerprint density at radius 2 is 2.12 bits per heavy atom. The van der Waals surface area contributed by atoms with Crippen LogP contribution in [0.3, 0.4) is 0 Å². The Morgan fingerprint density at radius 1 is 1.31 bits per heavy atom.